The van der Waals surface area contributed by atoms with E-state index in [1.165, 1.54) is 24.3 Å². The second-order valence-corrected chi connectivity index (χ2v) is 5.04. The van der Waals surface area contributed by atoms with Gasteiger partial charge in [0.1, 0.15) is 0 Å². The normalized spacial score (nSPS) is 10.9. The standard InChI is InChI=1S/C9H11ClN2O3S/c1-2-11-9(13)12-16(14,15)8-5-3-7(10)4-6-8/h3-6H,2H2,1H3,(H2,11,12,13). The van der Waals surface area contributed by atoms with Gasteiger partial charge in [-0.1, -0.05) is 11.6 Å². The molecule has 0 fully saturated rings. The summed E-state index contributed by atoms with van der Waals surface area (Å²) in [7, 11) is -3.82. The van der Waals surface area contributed by atoms with Crippen molar-refractivity contribution < 1.29 is 13.2 Å². The fourth-order valence-corrected chi connectivity index (χ4v) is 2.05. The third kappa shape index (κ3) is 3.39. The van der Waals surface area contributed by atoms with E-state index in [9.17, 15) is 13.2 Å². The van der Waals surface area contributed by atoms with E-state index < -0.39 is 16.1 Å². The molecule has 7 heteroatoms. The highest BCUT2D eigenvalue weighted by atomic mass is 35.5. The molecule has 0 radical (unpaired) electrons. The van der Waals surface area contributed by atoms with Crippen LogP contribution in [0.15, 0.2) is 29.2 Å². The predicted octanol–water partition coefficient (Wildman–Crippen LogP) is 1.35. The first-order valence-corrected chi connectivity index (χ1v) is 6.38. The van der Waals surface area contributed by atoms with Crippen LogP contribution in [0.3, 0.4) is 0 Å². The summed E-state index contributed by atoms with van der Waals surface area (Å²) in [5.41, 5.74) is 0. The topological polar surface area (TPSA) is 75.3 Å². The van der Waals surface area contributed by atoms with Gasteiger partial charge in [0, 0.05) is 11.6 Å². The zero-order chi connectivity index (χ0) is 12.2. The van der Waals surface area contributed by atoms with Gasteiger partial charge in [-0.3, -0.25) is 0 Å². The van der Waals surface area contributed by atoms with Crippen LogP contribution in [0.1, 0.15) is 6.92 Å². The maximum Gasteiger partial charge on any atom is 0.328 e. The fourth-order valence-electron chi connectivity index (χ4n) is 0.991. The number of hydrogen-bond acceptors (Lipinski definition) is 3. The van der Waals surface area contributed by atoms with Crippen molar-refractivity contribution in [2.45, 2.75) is 11.8 Å². The van der Waals surface area contributed by atoms with Gasteiger partial charge in [-0.05, 0) is 31.2 Å². The number of urea groups is 1. The predicted molar refractivity (Wildman–Crippen MR) is 60.8 cm³/mol. The molecule has 0 aromatic heterocycles. The number of carbonyl (C=O) groups excluding carboxylic acids is 1. The van der Waals surface area contributed by atoms with E-state index in [-0.39, 0.29) is 4.90 Å². The summed E-state index contributed by atoms with van der Waals surface area (Å²) < 4.78 is 25.1. The number of sulfonamides is 1. The first-order valence-electron chi connectivity index (χ1n) is 4.52. The Kier molecular flexibility index (Phi) is 4.14. The molecule has 0 spiro atoms. The van der Waals surface area contributed by atoms with E-state index >= 15 is 0 Å². The van der Waals surface area contributed by atoms with Crippen LogP contribution >= 0.6 is 11.6 Å². The van der Waals surface area contributed by atoms with Crippen molar-refractivity contribution >= 4 is 27.7 Å². The lowest BCUT2D eigenvalue weighted by molar-refractivity contribution is 0.246. The summed E-state index contributed by atoms with van der Waals surface area (Å²) in [6.07, 6.45) is 0. The van der Waals surface area contributed by atoms with Crippen LogP contribution < -0.4 is 10.0 Å². The second kappa shape index (κ2) is 5.18. The molecule has 1 rings (SSSR count). The van der Waals surface area contributed by atoms with Gasteiger partial charge in [-0.15, -0.1) is 0 Å². The van der Waals surface area contributed by atoms with E-state index in [2.05, 4.69) is 5.32 Å². The number of hydrogen-bond donors (Lipinski definition) is 2. The van der Waals surface area contributed by atoms with Gasteiger partial charge in [0.05, 0.1) is 4.90 Å². The zero-order valence-corrected chi connectivity index (χ0v) is 10.1. The number of carbonyl (C=O) groups is 1. The fraction of sp³-hybridized carbons (Fsp3) is 0.222. The molecule has 1 aromatic carbocycles. The smallest absolute Gasteiger partial charge is 0.328 e. The molecule has 0 aliphatic rings. The maximum absolute atomic E-state index is 11.6. The summed E-state index contributed by atoms with van der Waals surface area (Å²) in [6, 6.07) is 4.77. The van der Waals surface area contributed by atoms with Crippen LogP contribution in [-0.4, -0.2) is 21.0 Å². The third-order valence-electron chi connectivity index (χ3n) is 1.69. The average Bonchev–Trinajstić information content (AvgIpc) is 2.17. The lowest BCUT2D eigenvalue weighted by Crippen LogP contribution is -2.39. The molecular formula is C9H11ClN2O3S. The molecule has 0 saturated carbocycles. The highest BCUT2D eigenvalue weighted by Gasteiger charge is 2.16. The zero-order valence-electron chi connectivity index (χ0n) is 8.53. The third-order valence-corrected chi connectivity index (χ3v) is 3.29. The lowest BCUT2D eigenvalue weighted by atomic mass is 10.4. The highest BCUT2D eigenvalue weighted by Crippen LogP contribution is 2.13. The monoisotopic (exact) mass is 262 g/mol. The Morgan fingerprint density at radius 1 is 1.31 bits per heavy atom. The molecule has 16 heavy (non-hydrogen) atoms. The number of rotatable bonds is 3. The molecule has 0 aliphatic carbocycles. The Morgan fingerprint density at radius 3 is 2.38 bits per heavy atom. The van der Waals surface area contributed by atoms with Crippen molar-refractivity contribution in [2.75, 3.05) is 6.54 Å². The number of nitrogens with one attached hydrogen (secondary N) is 2. The molecule has 2 amide bonds. The van der Waals surface area contributed by atoms with E-state index in [0.717, 1.165) is 0 Å². The van der Waals surface area contributed by atoms with Crippen LogP contribution in [-0.2, 0) is 10.0 Å². The molecular weight excluding hydrogens is 252 g/mol. The van der Waals surface area contributed by atoms with Crippen molar-refractivity contribution in [3.05, 3.63) is 29.3 Å². The van der Waals surface area contributed by atoms with Gasteiger partial charge in [0.25, 0.3) is 10.0 Å². The summed E-state index contributed by atoms with van der Waals surface area (Å²) in [4.78, 5) is 11.1. The molecule has 0 saturated heterocycles. The van der Waals surface area contributed by atoms with Gasteiger partial charge < -0.3 is 5.32 Å². The molecule has 1 aromatic rings. The van der Waals surface area contributed by atoms with E-state index in [1.807, 2.05) is 4.72 Å². The van der Waals surface area contributed by atoms with Crippen LogP contribution in [0, 0.1) is 0 Å². The van der Waals surface area contributed by atoms with Crippen molar-refractivity contribution in [3.63, 3.8) is 0 Å². The van der Waals surface area contributed by atoms with E-state index in [4.69, 9.17) is 11.6 Å². The van der Waals surface area contributed by atoms with Crippen molar-refractivity contribution in [2.24, 2.45) is 0 Å². The summed E-state index contributed by atoms with van der Waals surface area (Å²) in [5, 5.41) is 2.76. The van der Waals surface area contributed by atoms with E-state index in [1.54, 1.807) is 6.92 Å². The van der Waals surface area contributed by atoms with Crippen LogP contribution in [0.25, 0.3) is 0 Å². The van der Waals surface area contributed by atoms with Gasteiger partial charge in [-0.2, -0.15) is 0 Å². The average molecular weight is 263 g/mol. The molecule has 5 nitrogen and oxygen atoms in total. The van der Waals surface area contributed by atoms with E-state index in [0.29, 0.717) is 11.6 Å². The maximum atomic E-state index is 11.6. The number of amides is 2. The Bertz CT molecular complexity index is 470. The summed E-state index contributed by atoms with van der Waals surface area (Å²) in [5.74, 6) is 0. The molecule has 0 atom stereocenters. The number of halogens is 1. The molecule has 0 aliphatic heterocycles. The van der Waals surface area contributed by atoms with Crippen molar-refractivity contribution in [3.8, 4) is 0 Å². The molecule has 0 heterocycles. The summed E-state index contributed by atoms with van der Waals surface area (Å²) in [6.45, 7) is 2.04. The van der Waals surface area contributed by atoms with Gasteiger partial charge in [0.2, 0.25) is 0 Å². The minimum Gasteiger partial charge on any atom is -0.338 e. The first-order chi connectivity index (χ1) is 7.45. The largest absolute Gasteiger partial charge is 0.338 e. The highest BCUT2D eigenvalue weighted by molar-refractivity contribution is 7.90. The molecule has 88 valence electrons. The van der Waals surface area contributed by atoms with Crippen molar-refractivity contribution in [1.82, 2.24) is 10.0 Å². The lowest BCUT2D eigenvalue weighted by Gasteiger charge is -2.06. The molecule has 0 bridgehead atoms. The minimum absolute atomic E-state index is 0.0110. The van der Waals surface area contributed by atoms with Crippen LogP contribution in [0.2, 0.25) is 5.02 Å². The van der Waals surface area contributed by atoms with Crippen LogP contribution in [0.4, 0.5) is 4.79 Å². The van der Waals surface area contributed by atoms with Crippen LogP contribution in [0.5, 0.6) is 0 Å². The Hall–Kier alpha value is -1.27. The summed E-state index contributed by atoms with van der Waals surface area (Å²) >= 11 is 5.62. The minimum atomic E-state index is -3.82. The van der Waals surface area contributed by atoms with Gasteiger partial charge in [0.15, 0.2) is 0 Å². The quantitative estimate of drug-likeness (QED) is 0.863. The molecule has 0 unspecified atom stereocenters. The number of benzene rings is 1. The second-order valence-electron chi connectivity index (χ2n) is 2.92. The van der Waals surface area contributed by atoms with Gasteiger partial charge >= 0.3 is 6.03 Å². The van der Waals surface area contributed by atoms with Gasteiger partial charge in [-0.25, -0.2) is 17.9 Å². The molecule has 2 N–H and O–H groups in total. The Morgan fingerprint density at radius 2 is 1.88 bits per heavy atom. The Labute approximate surface area is 98.9 Å². The SMILES string of the molecule is CCNC(=O)NS(=O)(=O)c1ccc(Cl)cc1. The first kappa shape index (κ1) is 12.8. The Balaban J connectivity index is 2.86. The van der Waals surface area contributed by atoms with Crippen molar-refractivity contribution in [1.29, 1.82) is 0 Å².